The van der Waals surface area contributed by atoms with E-state index in [-0.39, 0.29) is 28.0 Å². The molecule has 2 aromatic rings. The molecule has 156 valence electrons. The fraction of sp³-hybridized carbons (Fsp3) is 0.550. The van der Waals surface area contributed by atoms with Gasteiger partial charge in [-0.15, -0.1) is 0 Å². The normalized spacial score (nSPS) is 21.1. The summed E-state index contributed by atoms with van der Waals surface area (Å²) in [5, 5.41) is 10.4. The van der Waals surface area contributed by atoms with E-state index in [1.165, 1.54) is 12.8 Å². The SMILES string of the molecule is Cc1nc(N2CCC3(CCCC3N)CC2)c(CO)nc1-c1cc(N)nc(Cl)c1Cl. The van der Waals surface area contributed by atoms with Gasteiger partial charge in [0.15, 0.2) is 11.0 Å². The molecule has 0 aromatic carbocycles. The van der Waals surface area contributed by atoms with Crippen LogP contribution in [0.15, 0.2) is 6.07 Å². The van der Waals surface area contributed by atoms with Crippen LogP contribution >= 0.6 is 23.2 Å². The number of hydrogen-bond acceptors (Lipinski definition) is 7. The zero-order valence-corrected chi connectivity index (χ0v) is 18.0. The number of rotatable bonds is 3. The Labute approximate surface area is 180 Å². The fourth-order valence-corrected chi connectivity index (χ4v) is 5.18. The van der Waals surface area contributed by atoms with Gasteiger partial charge in [-0.25, -0.2) is 15.0 Å². The maximum Gasteiger partial charge on any atom is 0.153 e. The Morgan fingerprint density at radius 3 is 2.55 bits per heavy atom. The molecule has 29 heavy (non-hydrogen) atoms. The summed E-state index contributed by atoms with van der Waals surface area (Å²) in [4.78, 5) is 15.6. The number of anilines is 2. The van der Waals surface area contributed by atoms with Gasteiger partial charge in [0.05, 0.1) is 23.0 Å². The van der Waals surface area contributed by atoms with Crippen molar-refractivity contribution in [1.29, 1.82) is 0 Å². The molecule has 7 nitrogen and oxygen atoms in total. The lowest BCUT2D eigenvalue weighted by Crippen LogP contribution is -2.47. The van der Waals surface area contributed by atoms with Gasteiger partial charge in [-0.2, -0.15) is 0 Å². The third-order valence-electron chi connectivity index (χ3n) is 6.50. The molecular weight excluding hydrogens is 411 g/mol. The first-order valence-electron chi connectivity index (χ1n) is 9.95. The monoisotopic (exact) mass is 436 g/mol. The van der Waals surface area contributed by atoms with Gasteiger partial charge in [-0.05, 0) is 44.1 Å². The predicted molar refractivity (Wildman–Crippen MR) is 116 cm³/mol. The van der Waals surface area contributed by atoms with Gasteiger partial charge in [0.2, 0.25) is 0 Å². The van der Waals surface area contributed by atoms with Crippen molar-refractivity contribution in [3.05, 3.63) is 27.6 Å². The molecule has 2 fully saturated rings. The zero-order chi connectivity index (χ0) is 20.8. The van der Waals surface area contributed by atoms with Crippen molar-refractivity contribution >= 4 is 34.8 Å². The summed E-state index contributed by atoms with van der Waals surface area (Å²) in [7, 11) is 0. The zero-order valence-electron chi connectivity index (χ0n) is 16.5. The van der Waals surface area contributed by atoms with E-state index in [1.54, 1.807) is 6.07 Å². The van der Waals surface area contributed by atoms with E-state index in [9.17, 15) is 5.11 Å². The Morgan fingerprint density at radius 1 is 1.21 bits per heavy atom. The van der Waals surface area contributed by atoms with E-state index in [2.05, 4.69) is 14.9 Å². The lowest BCUT2D eigenvalue weighted by Gasteiger charge is -2.42. The number of halogens is 2. The molecule has 4 rings (SSSR count). The first-order chi connectivity index (χ1) is 13.8. The van der Waals surface area contributed by atoms with Crippen LogP contribution in [0.2, 0.25) is 10.2 Å². The second kappa shape index (κ2) is 7.87. The third kappa shape index (κ3) is 3.65. The summed E-state index contributed by atoms with van der Waals surface area (Å²) in [6, 6.07) is 1.92. The minimum atomic E-state index is -0.220. The van der Waals surface area contributed by atoms with Crippen LogP contribution in [-0.2, 0) is 6.61 Å². The highest BCUT2D eigenvalue weighted by atomic mass is 35.5. The average molecular weight is 437 g/mol. The van der Waals surface area contributed by atoms with Gasteiger partial charge in [0.1, 0.15) is 11.5 Å². The quantitative estimate of drug-likeness (QED) is 0.631. The number of piperidine rings is 1. The molecule has 2 aliphatic rings. The van der Waals surface area contributed by atoms with E-state index in [4.69, 9.17) is 39.7 Å². The molecule has 1 spiro atoms. The highest BCUT2D eigenvalue weighted by Gasteiger charge is 2.43. The van der Waals surface area contributed by atoms with Gasteiger partial charge in [0.25, 0.3) is 0 Å². The summed E-state index contributed by atoms with van der Waals surface area (Å²) in [5.74, 6) is 0.971. The van der Waals surface area contributed by atoms with Crippen LogP contribution in [0.4, 0.5) is 11.6 Å². The number of nitrogen functional groups attached to an aromatic ring is 1. The fourth-order valence-electron chi connectivity index (χ4n) is 4.80. The number of aliphatic hydroxyl groups is 1. The number of aliphatic hydroxyl groups excluding tert-OH is 1. The second-order valence-corrected chi connectivity index (χ2v) is 8.87. The molecular formula is C20H26Cl2N6O. The minimum Gasteiger partial charge on any atom is -0.390 e. The molecule has 1 unspecified atom stereocenters. The largest absolute Gasteiger partial charge is 0.390 e. The smallest absolute Gasteiger partial charge is 0.153 e. The second-order valence-electron chi connectivity index (χ2n) is 8.13. The number of aryl methyl sites for hydroxylation is 1. The minimum absolute atomic E-state index is 0.117. The maximum atomic E-state index is 9.99. The summed E-state index contributed by atoms with van der Waals surface area (Å²) < 4.78 is 0. The Kier molecular flexibility index (Phi) is 5.59. The molecule has 1 atom stereocenters. The molecule has 2 aromatic heterocycles. The van der Waals surface area contributed by atoms with Gasteiger partial charge >= 0.3 is 0 Å². The Morgan fingerprint density at radius 2 is 1.93 bits per heavy atom. The first kappa shape index (κ1) is 20.6. The molecule has 1 aliphatic carbocycles. The average Bonchev–Trinajstić information content (AvgIpc) is 3.05. The number of nitrogens with two attached hydrogens (primary N) is 2. The van der Waals surface area contributed by atoms with Gasteiger partial charge < -0.3 is 21.5 Å². The van der Waals surface area contributed by atoms with Crippen molar-refractivity contribution in [3.63, 3.8) is 0 Å². The van der Waals surface area contributed by atoms with Crippen molar-refractivity contribution in [3.8, 4) is 11.3 Å². The van der Waals surface area contributed by atoms with Crippen LogP contribution in [0.1, 0.15) is 43.5 Å². The lowest BCUT2D eigenvalue weighted by molar-refractivity contribution is 0.196. The van der Waals surface area contributed by atoms with E-state index in [0.29, 0.717) is 28.7 Å². The number of hydrogen-bond donors (Lipinski definition) is 3. The molecule has 0 bridgehead atoms. The maximum absolute atomic E-state index is 9.99. The summed E-state index contributed by atoms with van der Waals surface area (Å²) in [5.41, 5.74) is 14.8. The van der Waals surface area contributed by atoms with Crippen molar-refractivity contribution in [2.45, 2.75) is 51.7 Å². The Hall–Kier alpha value is -1.67. The van der Waals surface area contributed by atoms with E-state index in [1.807, 2.05) is 6.92 Å². The Balaban J connectivity index is 1.66. The highest BCUT2D eigenvalue weighted by Crippen LogP contribution is 2.46. The number of aromatic nitrogens is 3. The number of nitrogens with zero attached hydrogens (tertiary/aromatic N) is 4. The van der Waals surface area contributed by atoms with Crippen molar-refractivity contribution in [2.75, 3.05) is 23.7 Å². The van der Waals surface area contributed by atoms with Crippen molar-refractivity contribution in [2.24, 2.45) is 11.1 Å². The predicted octanol–water partition coefficient (Wildman–Crippen LogP) is 3.33. The summed E-state index contributed by atoms with van der Waals surface area (Å²) in [6.45, 7) is 3.38. The van der Waals surface area contributed by atoms with E-state index < -0.39 is 0 Å². The van der Waals surface area contributed by atoms with Gasteiger partial charge in [0, 0.05) is 24.7 Å². The molecule has 5 N–H and O–H groups in total. The van der Waals surface area contributed by atoms with Crippen LogP contribution in [0.25, 0.3) is 11.3 Å². The first-order valence-corrected chi connectivity index (χ1v) is 10.7. The van der Waals surface area contributed by atoms with Crippen LogP contribution in [-0.4, -0.2) is 39.2 Å². The van der Waals surface area contributed by atoms with Crippen molar-refractivity contribution < 1.29 is 5.11 Å². The lowest BCUT2D eigenvalue weighted by atomic mass is 9.74. The van der Waals surface area contributed by atoms with Crippen LogP contribution in [0.5, 0.6) is 0 Å². The molecule has 1 saturated carbocycles. The molecule has 1 aliphatic heterocycles. The van der Waals surface area contributed by atoms with Crippen LogP contribution < -0.4 is 16.4 Å². The third-order valence-corrected chi connectivity index (χ3v) is 7.25. The van der Waals surface area contributed by atoms with E-state index in [0.717, 1.165) is 38.2 Å². The summed E-state index contributed by atoms with van der Waals surface area (Å²) in [6.07, 6.45) is 5.64. The molecule has 1 saturated heterocycles. The highest BCUT2D eigenvalue weighted by molar-refractivity contribution is 6.43. The van der Waals surface area contributed by atoms with Crippen molar-refractivity contribution in [1.82, 2.24) is 15.0 Å². The van der Waals surface area contributed by atoms with Crippen LogP contribution in [0.3, 0.4) is 0 Å². The molecule has 0 radical (unpaired) electrons. The summed E-state index contributed by atoms with van der Waals surface area (Å²) >= 11 is 12.4. The number of pyridine rings is 1. The Bertz CT molecular complexity index is 930. The molecule has 3 heterocycles. The molecule has 0 amide bonds. The molecule has 9 heteroatoms. The van der Waals surface area contributed by atoms with Gasteiger partial charge in [-0.1, -0.05) is 29.6 Å². The standard InChI is InChI=1S/C20H26Cl2N6O/c1-11-17(12-9-15(24)27-18(22)16(12)21)26-13(10-29)19(25-11)28-7-5-20(6-8-28)4-2-3-14(20)23/h9,14,29H,2-8,10,23H2,1H3,(H2,24,27). The topological polar surface area (TPSA) is 114 Å². The van der Waals surface area contributed by atoms with E-state index >= 15 is 0 Å². The van der Waals surface area contributed by atoms with Gasteiger partial charge in [-0.3, -0.25) is 0 Å². The van der Waals surface area contributed by atoms with Crippen LogP contribution in [0, 0.1) is 12.3 Å².